The first-order chi connectivity index (χ1) is 11.0. The van der Waals surface area contributed by atoms with E-state index in [2.05, 4.69) is 24.5 Å². The largest absolute Gasteiger partial charge is 0.325 e. The number of anilines is 1. The number of amides is 1. The summed E-state index contributed by atoms with van der Waals surface area (Å²) in [5.74, 6) is 0.325. The molecule has 0 aromatic heterocycles. The molecule has 1 amide bonds. The fourth-order valence-corrected chi connectivity index (χ4v) is 2.55. The van der Waals surface area contributed by atoms with Crippen LogP contribution >= 0.6 is 11.6 Å². The molecule has 0 heterocycles. The summed E-state index contributed by atoms with van der Waals surface area (Å²) in [5.41, 5.74) is 3.13. The fourth-order valence-electron chi connectivity index (χ4n) is 2.42. The number of carbonyl (C=O) groups is 1. The number of para-hydroxylation sites is 1. The van der Waals surface area contributed by atoms with E-state index in [1.807, 2.05) is 55.5 Å². The number of hydrogen-bond acceptors (Lipinski definition) is 2. The average molecular weight is 331 g/mol. The van der Waals surface area contributed by atoms with Crippen LogP contribution in [0.25, 0.3) is 0 Å². The summed E-state index contributed by atoms with van der Waals surface area (Å²) in [7, 11) is 0. The van der Waals surface area contributed by atoms with E-state index in [4.69, 9.17) is 11.6 Å². The van der Waals surface area contributed by atoms with Crippen molar-refractivity contribution in [2.45, 2.75) is 32.7 Å². The lowest BCUT2D eigenvalue weighted by Crippen LogP contribution is -2.30. The molecule has 2 rings (SSSR count). The quantitative estimate of drug-likeness (QED) is 0.802. The average Bonchev–Trinajstić information content (AvgIpc) is 2.53. The number of hydrogen-bond donors (Lipinski definition) is 2. The monoisotopic (exact) mass is 330 g/mol. The van der Waals surface area contributed by atoms with Crippen LogP contribution in [-0.2, 0) is 4.79 Å². The normalized spacial score (nSPS) is 12.2. The fraction of sp³-hybridized carbons (Fsp3) is 0.316. The topological polar surface area (TPSA) is 41.1 Å². The molecule has 2 aromatic rings. The summed E-state index contributed by atoms with van der Waals surface area (Å²) in [6, 6.07) is 15.6. The van der Waals surface area contributed by atoms with Crippen molar-refractivity contribution in [2.24, 2.45) is 0 Å². The third-order valence-electron chi connectivity index (χ3n) is 3.80. The Morgan fingerprint density at radius 2 is 1.70 bits per heavy atom. The Labute approximate surface area is 143 Å². The summed E-state index contributed by atoms with van der Waals surface area (Å²) in [6.45, 7) is 6.52. The van der Waals surface area contributed by atoms with Crippen LogP contribution in [0.2, 0.25) is 5.02 Å². The zero-order valence-corrected chi connectivity index (χ0v) is 14.5. The van der Waals surface area contributed by atoms with Crippen LogP contribution in [0.5, 0.6) is 0 Å². The Kier molecular flexibility index (Phi) is 6.20. The van der Waals surface area contributed by atoms with E-state index < -0.39 is 0 Å². The minimum atomic E-state index is -0.0427. The minimum absolute atomic E-state index is 0.0427. The molecule has 0 spiro atoms. The smallest absolute Gasteiger partial charge is 0.238 e. The summed E-state index contributed by atoms with van der Waals surface area (Å²) in [6.07, 6.45) is 0. The van der Waals surface area contributed by atoms with Gasteiger partial charge < -0.3 is 10.6 Å². The Balaban J connectivity index is 1.91. The molecule has 0 bridgehead atoms. The first-order valence-corrected chi connectivity index (χ1v) is 8.22. The van der Waals surface area contributed by atoms with E-state index in [0.29, 0.717) is 10.9 Å². The molecule has 4 heteroatoms. The second-order valence-electron chi connectivity index (χ2n) is 5.94. The van der Waals surface area contributed by atoms with Crippen molar-refractivity contribution in [1.82, 2.24) is 5.32 Å². The van der Waals surface area contributed by atoms with Gasteiger partial charge in [0.05, 0.1) is 6.54 Å². The molecule has 0 aliphatic heterocycles. The van der Waals surface area contributed by atoms with Gasteiger partial charge in [0.15, 0.2) is 0 Å². The first-order valence-electron chi connectivity index (χ1n) is 7.85. The summed E-state index contributed by atoms with van der Waals surface area (Å²) < 4.78 is 0. The van der Waals surface area contributed by atoms with Gasteiger partial charge in [-0.2, -0.15) is 0 Å². The van der Waals surface area contributed by atoms with E-state index in [-0.39, 0.29) is 18.5 Å². The van der Waals surface area contributed by atoms with Crippen LogP contribution in [0.4, 0.5) is 5.69 Å². The van der Waals surface area contributed by atoms with Gasteiger partial charge in [-0.25, -0.2) is 0 Å². The number of nitrogens with one attached hydrogen (secondary N) is 2. The van der Waals surface area contributed by atoms with Crippen LogP contribution < -0.4 is 10.6 Å². The molecule has 122 valence electrons. The third kappa shape index (κ3) is 5.08. The van der Waals surface area contributed by atoms with Crippen molar-refractivity contribution < 1.29 is 4.79 Å². The number of carbonyl (C=O) groups excluding carboxylic acids is 1. The van der Waals surface area contributed by atoms with Crippen molar-refractivity contribution in [2.75, 3.05) is 11.9 Å². The van der Waals surface area contributed by atoms with Crippen molar-refractivity contribution in [3.8, 4) is 0 Å². The molecule has 0 unspecified atom stereocenters. The highest BCUT2D eigenvalue weighted by Crippen LogP contribution is 2.23. The van der Waals surface area contributed by atoms with Gasteiger partial charge in [0, 0.05) is 16.8 Å². The predicted molar refractivity (Wildman–Crippen MR) is 97.0 cm³/mol. The highest BCUT2D eigenvalue weighted by molar-refractivity contribution is 6.30. The zero-order chi connectivity index (χ0) is 16.8. The van der Waals surface area contributed by atoms with Gasteiger partial charge in [0.2, 0.25) is 5.91 Å². The summed E-state index contributed by atoms with van der Waals surface area (Å²) in [4.78, 5) is 12.2. The standard InChI is InChI=1S/C19H23ClN2O/c1-13(2)17-6-4-5-7-18(17)22-19(23)12-21-14(3)15-8-10-16(20)11-9-15/h4-11,13-14,21H,12H2,1-3H3,(H,22,23)/t14-/m0/s1. The van der Waals surface area contributed by atoms with Gasteiger partial charge >= 0.3 is 0 Å². The second-order valence-corrected chi connectivity index (χ2v) is 6.38. The SMILES string of the molecule is CC(C)c1ccccc1NC(=O)CN[C@@H](C)c1ccc(Cl)cc1. The van der Waals surface area contributed by atoms with Crippen molar-refractivity contribution in [3.05, 3.63) is 64.7 Å². The van der Waals surface area contributed by atoms with Crippen LogP contribution in [0.15, 0.2) is 48.5 Å². The lowest BCUT2D eigenvalue weighted by atomic mass is 10.0. The van der Waals surface area contributed by atoms with Crippen LogP contribution in [0.3, 0.4) is 0 Å². The lowest BCUT2D eigenvalue weighted by molar-refractivity contribution is -0.115. The van der Waals surface area contributed by atoms with Gasteiger partial charge in [-0.05, 0) is 42.2 Å². The molecule has 23 heavy (non-hydrogen) atoms. The molecule has 0 radical (unpaired) electrons. The maximum Gasteiger partial charge on any atom is 0.238 e. The lowest BCUT2D eigenvalue weighted by Gasteiger charge is -2.16. The Morgan fingerprint density at radius 1 is 1.04 bits per heavy atom. The molecule has 0 saturated carbocycles. The summed E-state index contributed by atoms with van der Waals surface area (Å²) in [5, 5.41) is 6.93. The van der Waals surface area contributed by atoms with Gasteiger partial charge in [-0.1, -0.05) is 55.8 Å². The predicted octanol–water partition coefficient (Wildman–Crippen LogP) is 4.75. The molecule has 0 fully saturated rings. The van der Waals surface area contributed by atoms with Gasteiger partial charge in [-0.3, -0.25) is 4.79 Å². The first kappa shape index (κ1) is 17.5. The Morgan fingerprint density at radius 3 is 2.35 bits per heavy atom. The maximum atomic E-state index is 12.2. The summed E-state index contributed by atoms with van der Waals surface area (Å²) >= 11 is 5.89. The number of rotatable bonds is 6. The molecule has 0 aliphatic rings. The molecule has 0 aliphatic carbocycles. The molecular weight excluding hydrogens is 308 g/mol. The molecular formula is C19H23ClN2O. The maximum absolute atomic E-state index is 12.2. The van der Waals surface area contributed by atoms with Crippen molar-refractivity contribution in [3.63, 3.8) is 0 Å². The van der Waals surface area contributed by atoms with Gasteiger partial charge in [0.25, 0.3) is 0 Å². The van der Waals surface area contributed by atoms with Gasteiger partial charge in [-0.15, -0.1) is 0 Å². The van der Waals surface area contributed by atoms with E-state index in [1.165, 1.54) is 0 Å². The van der Waals surface area contributed by atoms with Crippen LogP contribution in [-0.4, -0.2) is 12.5 Å². The zero-order valence-electron chi connectivity index (χ0n) is 13.8. The van der Waals surface area contributed by atoms with Crippen molar-refractivity contribution in [1.29, 1.82) is 0 Å². The van der Waals surface area contributed by atoms with Gasteiger partial charge in [0.1, 0.15) is 0 Å². The molecule has 3 nitrogen and oxygen atoms in total. The van der Waals surface area contributed by atoms with E-state index in [1.54, 1.807) is 0 Å². The van der Waals surface area contributed by atoms with E-state index >= 15 is 0 Å². The number of benzene rings is 2. The number of halogens is 1. The van der Waals surface area contributed by atoms with Crippen LogP contribution in [0.1, 0.15) is 43.9 Å². The van der Waals surface area contributed by atoms with Crippen molar-refractivity contribution >= 4 is 23.2 Å². The minimum Gasteiger partial charge on any atom is -0.325 e. The molecule has 1 atom stereocenters. The third-order valence-corrected chi connectivity index (χ3v) is 4.05. The highest BCUT2D eigenvalue weighted by Gasteiger charge is 2.11. The second kappa shape index (κ2) is 8.14. The van der Waals surface area contributed by atoms with Crippen LogP contribution in [0, 0.1) is 0 Å². The Bertz CT molecular complexity index is 653. The van der Waals surface area contributed by atoms with E-state index in [9.17, 15) is 4.79 Å². The molecule has 2 N–H and O–H groups in total. The molecule has 2 aromatic carbocycles. The van der Waals surface area contributed by atoms with E-state index in [0.717, 1.165) is 16.8 Å². The highest BCUT2D eigenvalue weighted by atomic mass is 35.5. The molecule has 0 saturated heterocycles. The Hall–Kier alpha value is -1.84.